The van der Waals surface area contributed by atoms with E-state index in [0.29, 0.717) is 11.3 Å². The Morgan fingerprint density at radius 2 is 1.68 bits per heavy atom. The maximum atomic E-state index is 13.7. The van der Waals surface area contributed by atoms with Crippen LogP contribution >= 0.6 is 7.37 Å². The monoisotopic (exact) mass is 545 g/mol. The Kier molecular flexibility index (Phi) is 13.6. The fourth-order valence-electron chi connectivity index (χ4n) is 4.01. The van der Waals surface area contributed by atoms with Crippen LogP contribution in [0.5, 0.6) is 0 Å². The predicted octanol–water partition coefficient (Wildman–Crippen LogP) is 0.296. The molecule has 3 N–H and O–H groups in total. The van der Waals surface area contributed by atoms with Gasteiger partial charge in [0.25, 0.3) is 0 Å². The number of aliphatic carboxylic acids is 1. The van der Waals surface area contributed by atoms with Gasteiger partial charge in [-0.3, -0.25) is 14.3 Å². The van der Waals surface area contributed by atoms with Crippen LogP contribution in [-0.4, -0.2) is 38.3 Å². The maximum absolute atomic E-state index is 13.7. The molecule has 2 atom stereocenters. The van der Waals surface area contributed by atoms with E-state index in [9.17, 15) is 23.7 Å². The van der Waals surface area contributed by atoms with Crippen LogP contribution in [0.25, 0.3) is 28.5 Å². The van der Waals surface area contributed by atoms with E-state index >= 15 is 0 Å². The standard InChI is InChI=1S/C27H29FNO5P.2Na.2H/c1-17(2)26-23(13-14-35(33,34)16-22(30)15-24(31)32)25(19-9-11-21(28)12-10-19)18(3)27(29-26)20-7-5-4-6-8-20;;;;/h4-14,17,22,30H,15-16H2,1-3H3,(H,31,32)(H,33,34);;;;/q;2*+1;2*-1/t22-;;;;/m0..../s1. The van der Waals surface area contributed by atoms with Crippen molar-refractivity contribution in [1.29, 1.82) is 0 Å². The number of aromatic nitrogens is 1. The molecular weight excluding hydrogens is 514 g/mol. The first kappa shape index (κ1) is 33.9. The van der Waals surface area contributed by atoms with Crippen molar-refractivity contribution in [3.05, 3.63) is 83.1 Å². The van der Waals surface area contributed by atoms with Crippen molar-refractivity contribution in [3.63, 3.8) is 0 Å². The molecular formula is C27H31FNNa2O5P. The third kappa shape index (κ3) is 9.24. The van der Waals surface area contributed by atoms with Crippen molar-refractivity contribution in [3.8, 4) is 22.4 Å². The van der Waals surface area contributed by atoms with Gasteiger partial charge in [-0.05, 0) is 47.7 Å². The van der Waals surface area contributed by atoms with E-state index in [-0.39, 0.29) is 73.7 Å². The summed E-state index contributed by atoms with van der Waals surface area (Å²) >= 11 is 0. The van der Waals surface area contributed by atoms with Gasteiger partial charge < -0.3 is 18.0 Å². The number of carboxylic acid groups (broad SMARTS) is 1. The summed E-state index contributed by atoms with van der Waals surface area (Å²) in [6, 6.07) is 15.7. The van der Waals surface area contributed by atoms with E-state index in [2.05, 4.69) is 0 Å². The second-order valence-electron chi connectivity index (χ2n) is 8.79. The summed E-state index contributed by atoms with van der Waals surface area (Å²) in [4.78, 5) is 26.2. The van der Waals surface area contributed by atoms with E-state index in [1.165, 1.54) is 18.2 Å². The number of nitrogens with zero attached hydrogens (tertiary/aromatic N) is 1. The van der Waals surface area contributed by atoms with Gasteiger partial charge in [0.2, 0.25) is 7.37 Å². The molecule has 0 saturated heterocycles. The maximum Gasteiger partial charge on any atom is 1.00 e. The molecule has 2 aromatic carbocycles. The minimum atomic E-state index is -4.01. The number of halogens is 1. The number of pyridine rings is 1. The molecule has 1 aromatic heterocycles. The smallest absolute Gasteiger partial charge is 1.00 e. The molecule has 6 nitrogen and oxygen atoms in total. The third-order valence-electron chi connectivity index (χ3n) is 5.59. The molecule has 0 aliphatic carbocycles. The fourth-order valence-corrected chi connectivity index (χ4v) is 5.24. The molecule has 10 heteroatoms. The molecule has 0 aliphatic heterocycles. The fraction of sp³-hybridized carbons (Fsp3) is 0.259. The van der Waals surface area contributed by atoms with E-state index in [1.807, 2.05) is 51.1 Å². The SMILES string of the molecule is Cc1c(-c2ccccc2)nc(C(C)C)c(C=CP(=O)(O)C[C@@H](O)CC(=O)O)c1-c1ccc(F)cc1.[H-].[H-].[Na+].[Na+]. The molecule has 3 aromatic rings. The van der Waals surface area contributed by atoms with Gasteiger partial charge in [0.1, 0.15) is 5.82 Å². The normalized spacial score (nSPS) is 13.5. The second-order valence-corrected chi connectivity index (χ2v) is 11.0. The van der Waals surface area contributed by atoms with Gasteiger partial charge in [0, 0.05) is 16.9 Å². The van der Waals surface area contributed by atoms with Crippen LogP contribution < -0.4 is 59.1 Å². The first-order valence-electron chi connectivity index (χ1n) is 11.2. The minimum Gasteiger partial charge on any atom is -1.00 e. The number of rotatable bonds is 9. The Balaban J connectivity index is 0. The minimum absolute atomic E-state index is 0. The van der Waals surface area contributed by atoms with Gasteiger partial charge >= 0.3 is 65.1 Å². The molecule has 37 heavy (non-hydrogen) atoms. The molecule has 0 radical (unpaired) electrons. The van der Waals surface area contributed by atoms with Crippen molar-refractivity contribution in [1.82, 2.24) is 4.98 Å². The summed E-state index contributed by atoms with van der Waals surface area (Å²) in [6.07, 6.45) is -1.14. The van der Waals surface area contributed by atoms with Gasteiger partial charge in [0.05, 0.1) is 30.1 Å². The summed E-state index contributed by atoms with van der Waals surface area (Å²) in [6.45, 7) is 5.84. The molecule has 1 heterocycles. The largest absolute Gasteiger partial charge is 1.00 e. The first-order valence-corrected chi connectivity index (χ1v) is 13.2. The third-order valence-corrected chi connectivity index (χ3v) is 7.15. The number of carbonyl (C=O) groups is 1. The van der Waals surface area contributed by atoms with Crippen LogP contribution in [0.2, 0.25) is 0 Å². The number of aliphatic hydroxyl groups excluding tert-OH is 1. The number of aliphatic hydroxyl groups is 1. The van der Waals surface area contributed by atoms with E-state index < -0.39 is 32.0 Å². The van der Waals surface area contributed by atoms with Gasteiger partial charge in [-0.25, -0.2) is 4.39 Å². The Morgan fingerprint density at radius 1 is 1.08 bits per heavy atom. The van der Waals surface area contributed by atoms with E-state index in [4.69, 9.17) is 10.1 Å². The number of hydrogen-bond donors (Lipinski definition) is 3. The zero-order valence-electron chi connectivity index (χ0n) is 23.9. The van der Waals surface area contributed by atoms with Crippen LogP contribution in [0.15, 0.2) is 60.4 Å². The van der Waals surface area contributed by atoms with Crippen molar-refractivity contribution in [2.75, 3.05) is 6.16 Å². The summed E-state index contributed by atoms with van der Waals surface area (Å²) in [7, 11) is -4.01. The molecule has 1 unspecified atom stereocenters. The summed E-state index contributed by atoms with van der Waals surface area (Å²) in [5, 5.41) is 18.7. The topological polar surface area (TPSA) is 108 Å². The quantitative estimate of drug-likeness (QED) is 0.264. The van der Waals surface area contributed by atoms with Crippen molar-refractivity contribution >= 4 is 19.4 Å². The van der Waals surface area contributed by atoms with Gasteiger partial charge in [-0.1, -0.05) is 56.3 Å². The first-order chi connectivity index (χ1) is 16.5. The van der Waals surface area contributed by atoms with Gasteiger partial charge in [-0.15, -0.1) is 0 Å². The predicted molar refractivity (Wildman–Crippen MR) is 138 cm³/mol. The molecule has 0 amide bonds. The summed E-state index contributed by atoms with van der Waals surface area (Å²) in [5.74, 6) is -0.557. The van der Waals surface area contributed by atoms with Crippen molar-refractivity contribution in [2.24, 2.45) is 0 Å². The molecule has 0 bridgehead atoms. The number of carboxylic acids is 1. The van der Waals surface area contributed by atoms with Gasteiger partial charge in [-0.2, -0.15) is 0 Å². The summed E-state index contributed by atoms with van der Waals surface area (Å²) < 4.78 is 26.5. The average molecular weight is 545 g/mol. The van der Waals surface area contributed by atoms with Crippen LogP contribution in [0.4, 0.5) is 4.39 Å². The molecule has 0 aliphatic rings. The van der Waals surface area contributed by atoms with Gasteiger partial charge in [0.15, 0.2) is 0 Å². The zero-order chi connectivity index (χ0) is 25.8. The van der Waals surface area contributed by atoms with Crippen LogP contribution in [0.1, 0.15) is 45.9 Å². The Hall–Kier alpha value is -1.12. The Labute approximate surface area is 264 Å². The van der Waals surface area contributed by atoms with Crippen LogP contribution in [-0.2, 0) is 9.36 Å². The zero-order valence-corrected chi connectivity index (χ0v) is 26.7. The Bertz CT molecular complexity index is 1300. The molecule has 0 fully saturated rings. The van der Waals surface area contributed by atoms with Crippen molar-refractivity contribution in [2.45, 2.75) is 39.2 Å². The molecule has 0 spiro atoms. The molecule has 3 rings (SSSR count). The van der Waals surface area contributed by atoms with Crippen LogP contribution in [0, 0.1) is 12.7 Å². The second kappa shape index (κ2) is 14.9. The van der Waals surface area contributed by atoms with E-state index in [0.717, 1.165) is 33.8 Å². The summed E-state index contributed by atoms with van der Waals surface area (Å²) in [5.41, 5.74) is 5.28. The molecule has 0 saturated carbocycles. The molecule has 188 valence electrons. The number of benzene rings is 2. The number of hydrogen-bond acceptors (Lipinski definition) is 4. The Morgan fingerprint density at radius 3 is 2.22 bits per heavy atom. The van der Waals surface area contributed by atoms with E-state index in [1.54, 1.807) is 12.1 Å². The van der Waals surface area contributed by atoms with Crippen LogP contribution in [0.3, 0.4) is 0 Å². The van der Waals surface area contributed by atoms with Crippen molar-refractivity contribution < 1.29 is 90.8 Å². The average Bonchev–Trinajstić information content (AvgIpc) is 2.78.